The molecule has 0 bridgehead atoms. The summed E-state index contributed by atoms with van der Waals surface area (Å²) in [5.74, 6) is -0.0154. The molecule has 3 rings (SSSR count). The number of aliphatic imine (C=N–C) groups is 1. The SMILES string of the molecule is C[C@@H]1CCCC[NH+]1CN1C(=S)SC2=NC(=O)CCCN21. The van der Waals surface area contributed by atoms with Crippen LogP contribution in [0.25, 0.3) is 0 Å². The second-order valence-electron chi connectivity index (χ2n) is 5.75. The van der Waals surface area contributed by atoms with Crippen LogP contribution in [0.2, 0.25) is 0 Å². The van der Waals surface area contributed by atoms with Gasteiger partial charge in [0.05, 0.1) is 12.6 Å². The van der Waals surface area contributed by atoms with Crippen LogP contribution in [-0.4, -0.2) is 51.2 Å². The molecule has 7 heteroatoms. The Morgan fingerprint density at radius 2 is 2.30 bits per heavy atom. The lowest BCUT2D eigenvalue weighted by molar-refractivity contribution is -0.938. The van der Waals surface area contributed by atoms with Crippen molar-refractivity contribution in [1.82, 2.24) is 10.0 Å². The summed E-state index contributed by atoms with van der Waals surface area (Å²) in [6.07, 6.45) is 5.34. The zero-order chi connectivity index (χ0) is 14.1. The number of thiocarbonyl (C=S) groups is 1. The van der Waals surface area contributed by atoms with Gasteiger partial charge in [-0.3, -0.25) is 9.80 Å². The van der Waals surface area contributed by atoms with Gasteiger partial charge in [0.1, 0.15) is 0 Å². The molecule has 0 aliphatic carbocycles. The highest BCUT2D eigenvalue weighted by Gasteiger charge is 2.37. The van der Waals surface area contributed by atoms with E-state index in [1.165, 1.54) is 37.6 Å². The first-order valence-corrected chi connectivity index (χ1v) is 8.60. The van der Waals surface area contributed by atoms with E-state index in [0.29, 0.717) is 12.5 Å². The molecule has 0 aromatic carbocycles. The molecular weight excluding hydrogens is 292 g/mol. The van der Waals surface area contributed by atoms with Crippen LogP contribution in [0.1, 0.15) is 39.0 Å². The second-order valence-corrected chi connectivity index (χ2v) is 7.35. The lowest BCUT2D eigenvalue weighted by Crippen LogP contribution is -3.17. The third-order valence-corrected chi connectivity index (χ3v) is 5.65. The molecular formula is C13H21N4OS2+. The Bertz CT molecular complexity index is 454. The summed E-state index contributed by atoms with van der Waals surface area (Å²) in [7, 11) is 0. The Kier molecular flexibility index (Phi) is 4.28. The number of amides is 1. The number of likely N-dealkylation sites (tertiary alicyclic amines) is 1. The molecule has 20 heavy (non-hydrogen) atoms. The van der Waals surface area contributed by atoms with Crippen LogP contribution < -0.4 is 4.90 Å². The van der Waals surface area contributed by atoms with Gasteiger partial charge in [-0.2, -0.15) is 4.99 Å². The van der Waals surface area contributed by atoms with E-state index in [1.807, 2.05) is 0 Å². The summed E-state index contributed by atoms with van der Waals surface area (Å²) in [5.41, 5.74) is 0. The Morgan fingerprint density at radius 3 is 3.10 bits per heavy atom. The molecule has 1 N–H and O–H groups in total. The number of thioether (sulfide) groups is 1. The summed E-state index contributed by atoms with van der Waals surface area (Å²) < 4.78 is 0.837. The highest BCUT2D eigenvalue weighted by molar-refractivity contribution is 8.33. The average Bonchev–Trinajstić information content (AvgIpc) is 2.58. The fraction of sp³-hybridized carbons (Fsp3) is 0.769. The van der Waals surface area contributed by atoms with Crippen molar-refractivity contribution in [2.45, 2.75) is 45.1 Å². The van der Waals surface area contributed by atoms with Crippen LogP contribution in [0.3, 0.4) is 0 Å². The number of quaternary nitrogens is 1. The number of nitrogens with zero attached hydrogens (tertiary/aromatic N) is 3. The Hall–Kier alpha value is -0.660. The zero-order valence-electron chi connectivity index (χ0n) is 11.8. The van der Waals surface area contributed by atoms with Crippen LogP contribution in [0.4, 0.5) is 0 Å². The van der Waals surface area contributed by atoms with Crippen molar-refractivity contribution >= 4 is 39.4 Å². The van der Waals surface area contributed by atoms with E-state index < -0.39 is 0 Å². The molecule has 0 saturated carbocycles. The number of carbonyl (C=O) groups excluding carboxylic acids is 1. The predicted molar refractivity (Wildman–Crippen MR) is 84.4 cm³/mol. The molecule has 3 heterocycles. The monoisotopic (exact) mass is 313 g/mol. The third kappa shape index (κ3) is 2.84. The quantitative estimate of drug-likeness (QED) is 0.757. The van der Waals surface area contributed by atoms with E-state index in [1.54, 1.807) is 4.90 Å². The number of amidine groups is 1. The largest absolute Gasteiger partial charge is 0.314 e. The third-order valence-electron chi connectivity index (χ3n) is 4.32. The fourth-order valence-corrected chi connectivity index (χ4v) is 4.31. The first kappa shape index (κ1) is 14.3. The van der Waals surface area contributed by atoms with E-state index in [4.69, 9.17) is 12.2 Å². The van der Waals surface area contributed by atoms with Gasteiger partial charge in [-0.05, 0) is 44.4 Å². The lowest BCUT2D eigenvalue weighted by Gasteiger charge is -2.36. The van der Waals surface area contributed by atoms with Crippen molar-refractivity contribution in [3.8, 4) is 0 Å². The van der Waals surface area contributed by atoms with E-state index in [-0.39, 0.29) is 5.91 Å². The van der Waals surface area contributed by atoms with Gasteiger partial charge >= 0.3 is 0 Å². The number of fused-ring (bicyclic) bond motifs is 1. The summed E-state index contributed by atoms with van der Waals surface area (Å²) in [6, 6.07) is 0.686. The van der Waals surface area contributed by atoms with Gasteiger partial charge in [-0.15, -0.1) is 0 Å². The van der Waals surface area contributed by atoms with Crippen molar-refractivity contribution in [1.29, 1.82) is 0 Å². The number of carbonyl (C=O) groups is 1. The van der Waals surface area contributed by atoms with Crippen molar-refractivity contribution < 1.29 is 9.69 Å². The highest BCUT2D eigenvalue weighted by atomic mass is 32.2. The minimum Gasteiger partial charge on any atom is -0.314 e. The van der Waals surface area contributed by atoms with Gasteiger partial charge in [0.15, 0.2) is 16.2 Å². The average molecular weight is 313 g/mol. The molecule has 0 aromatic rings. The number of nitrogens with one attached hydrogen (secondary N) is 1. The molecule has 3 aliphatic rings. The van der Waals surface area contributed by atoms with Gasteiger partial charge in [0.25, 0.3) is 0 Å². The van der Waals surface area contributed by atoms with Crippen molar-refractivity contribution in [2.75, 3.05) is 19.8 Å². The molecule has 0 aromatic heterocycles. The first-order chi connectivity index (χ1) is 9.65. The number of hydrogen-bond donors (Lipinski definition) is 1. The van der Waals surface area contributed by atoms with Crippen molar-refractivity contribution in [2.24, 2.45) is 4.99 Å². The topological polar surface area (TPSA) is 40.4 Å². The van der Waals surface area contributed by atoms with Crippen LogP contribution in [0, 0.1) is 0 Å². The van der Waals surface area contributed by atoms with Gasteiger partial charge < -0.3 is 4.90 Å². The van der Waals surface area contributed by atoms with Crippen LogP contribution in [0.5, 0.6) is 0 Å². The second kappa shape index (κ2) is 5.99. The molecule has 2 atom stereocenters. The molecule has 1 unspecified atom stereocenters. The molecule has 1 amide bonds. The molecule has 0 radical (unpaired) electrons. The molecule has 2 fully saturated rings. The van der Waals surface area contributed by atoms with Gasteiger partial charge in [0, 0.05) is 13.0 Å². The van der Waals surface area contributed by atoms with E-state index in [0.717, 1.165) is 29.1 Å². The normalized spacial score (nSPS) is 31.1. The van der Waals surface area contributed by atoms with Gasteiger partial charge in [0.2, 0.25) is 5.91 Å². The lowest BCUT2D eigenvalue weighted by atomic mass is 10.0. The van der Waals surface area contributed by atoms with Gasteiger partial charge in [-0.1, -0.05) is 12.2 Å². The number of hydrazine groups is 1. The number of rotatable bonds is 2. The molecule has 5 nitrogen and oxygen atoms in total. The molecule has 2 saturated heterocycles. The Balaban J connectivity index is 1.74. The van der Waals surface area contributed by atoms with E-state index in [2.05, 4.69) is 21.9 Å². The van der Waals surface area contributed by atoms with Crippen molar-refractivity contribution in [3.05, 3.63) is 0 Å². The standard InChI is InChI=1S/C13H20N4OS2/c1-10-5-2-3-7-15(10)9-17-13(19)20-12-14-11(18)6-4-8-16(12)17/h10H,2-9H2,1H3/p+1/t10-/m1/s1. The van der Waals surface area contributed by atoms with Crippen LogP contribution >= 0.6 is 24.0 Å². The highest BCUT2D eigenvalue weighted by Crippen LogP contribution is 2.27. The Morgan fingerprint density at radius 1 is 1.45 bits per heavy atom. The molecule has 110 valence electrons. The minimum atomic E-state index is -0.0154. The van der Waals surface area contributed by atoms with Crippen molar-refractivity contribution in [3.63, 3.8) is 0 Å². The van der Waals surface area contributed by atoms with Crippen LogP contribution in [0.15, 0.2) is 4.99 Å². The minimum absolute atomic E-state index is 0.0154. The number of hydrogen-bond acceptors (Lipinski definition) is 4. The molecule has 0 spiro atoms. The zero-order valence-corrected chi connectivity index (χ0v) is 13.4. The summed E-state index contributed by atoms with van der Waals surface area (Å²) >= 11 is 6.95. The molecule has 3 aliphatic heterocycles. The predicted octanol–water partition coefficient (Wildman–Crippen LogP) is 0.628. The summed E-state index contributed by atoms with van der Waals surface area (Å²) in [6.45, 7) is 5.28. The smallest absolute Gasteiger partial charge is 0.248 e. The van der Waals surface area contributed by atoms with Crippen LogP contribution in [-0.2, 0) is 4.79 Å². The first-order valence-electron chi connectivity index (χ1n) is 7.38. The summed E-state index contributed by atoms with van der Waals surface area (Å²) in [4.78, 5) is 17.4. The van der Waals surface area contributed by atoms with E-state index in [9.17, 15) is 4.79 Å². The Labute approximate surface area is 129 Å². The van der Waals surface area contributed by atoms with E-state index >= 15 is 0 Å². The number of piperidine rings is 1. The maximum Gasteiger partial charge on any atom is 0.248 e. The maximum absolute atomic E-state index is 11.6. The maximum atomic E-state index is 11.6. The van der Waals surface area contributed by atoms with Gasteiger partial charge in [-0.25, -0.2) is 5.01 Å². The summed E-state index contributed by atoms with van der Waals surface area (Å²) in [5, 5.41) is 5.06. The fourth-order valence-electron chi connectivity index (χ4n) is 3.06.